The zero-order valence-corrected chi connectivity index (χ0v) is 19.6. The number of nitrogens with one attached hydrogen (secondary N) is 2. The summed E-state index contributed by atoms with van der Waals surface area (Å²) in [6.45, 7) is 3.92. The van der Waals surface area contributed by atoms with Crippen molar-refractivity contribution in [2.75, 3.05) is 11.9 Å². The summed E-state index contributed by atoms with van der Waals surface area (Å²) >= 11 is 0.949. The molecule has 0 saturated heterocycles. The van der Waals surface area contributed by atoms with Crippen LogP contribution in [-0.4, -0.2) is 40.7 Å². The van der Waals surface area contributed by atoms with Gasteiger partial charge < -0.3 is 15.2 Å². The Kier molecular flexibility index (Phi) is 6.93. The summed E-state index contributed by atoms with van der Waals surface area (Å²) in [5.41, 5.74) is 4.50. The summed E-state index contributed by atoms with van der Waals surface area (Å²) < 4.78 is 5.49. The van der Waals surface area contributed by atoms with Gasteiger partial charge in [0.25, 0.3) is 5.91 Å². The van der Waals surface area contributed by atoms with Gasteiger partial charge in [-0.2, -0.15) is 0 Å². The Morgan fingerprint density at radius 1 is 1.06 bits per heavy atom. The molecule has 0 bridgehead atoms. The number of carboxylic acids is 1. The molecule has 176 valence electrons. The molecule has 0 spiro atoms. The van der Waals surface area contributed by atoms with Crippen molar-refractivity contribution >= 4 is 34.4 Å². The second-order valence-corrected chi connectivity index (χ2v) is 9.50. The minimum atomic E-state index is -1.09. The number of carbonyl (C=O) groups is 3. The summed E-state index contributed by atoms with van der Waals surface area (Å²) in [4.78, 5) is 40.5. The van der Waals surface area contributed by atoms with Crippen LogP contribution in [0.1, 0.15) is 47.0 Å². The molecule has 9 heteroatoms. The van der Waals surface area contributed by atoms with Gasteiger partial charge in [-0.15, -0.1) is 0 Å². The van der Waals surface area contributed by atoms with Crippen molar-refractivity contribution in [3.63, 3.8) is 0 Å². The van der Waals surface area contributed by atoms with E-state index in [0.29, 0.717) is 6.42 Å². The molecule has 3 N–H and O–H groups in total. The normalized spacial score (nSPS) is 13.1. The van der Waals surface area contributed by atoms with Gasteiger partial charge in [0, 0.05) is 5.92 Å². The number of aliphatic carboxylic acids is 1. The van der Waals surface area contributed by atoms with E-state index in [4.69, 9.17) is 4.74 Å². The Morgan fingerprint density at radius 2 is 1.68 bits per heavy atom. The van der Waals surface area contributed by atoms with Crippen molar-refractivity contribution in [3.8, 4) is 11.1 Å². The van der Waals surface area contributed by atoms with E-state index in [1.165, 1.54) is 6.20 Å². The van der Waals surface area contributed by atoms with Gasteiger partial charge in [0.1, 0.15) is 17.5 Å². The van der Waals surface area contributed by atoms with Crippen LogP contribution in [0.2, 0.25) is 0 Å². The zero-order valence-electron chi connectivity index (χ0n) is 18.8. The van der Waals surface area contributed by atoms with E-state index in [1.54, 1.807) is 0 Å². The first-order valence-electron chi connectivity index (χ1n) is 10.9. The van der Waals surface area contributed by atoms with Crippen LogP contribution in [0.5, 0.6) is 0 Å². The number of carbonyl (C=O) groups excluding carboxylic acids is 2. The lowest BCUT2D eigenvalue weighted by atomic mass is 9.98. The number of hydrogen-bond acceptors (Lipinski definition) is 6. The monoisotopic (exact) mass is 479 g/mol. The maximum Gasteiger partial charge on any atom is 0.413 e. The molecule has 3 aromatic rings. The third kappa shape index (κ3) is 5.09. The van der Waals surface area contributed by atoms with Gasteiger partial charge in [0.05, 0.1) is 6.20 Å². The minimum absolute atomic E-state index is 0.0651. The van der Waals surface area contributed by atoms with E-state index in [1.807, 2.05) is 50.2 Å². The standard InChI is InChI=1S/C25H25N3O5S/c1-14(2)11-20(23(30)31)27-22(29)21-12-26-24(34-21)28-25(32)33-13-19-17-9-5-3-7-15(17)16-8-4-6-10-18(16)19/h3-10,12,14,19-20H,11,13H2,1-2H3,(H,27,29)(H,30,31)(H,26,28,32). The van der Waals surface area contributed by atoms with E-state index >= 15 is 0 Å². The number of anilines is 1. The molecule has 4 rings (SSSR count). The van der Waals surface area contributed by atoms with Crippen LogP contribution in [0.15, 0.2) is 54.7 Å². The topological polar surface area (TPSA) is 118 Å². The van der Waals surface area contributed by atoms with Crippen LogP contribution in [0.25, 0.3) is 11.1 Å². The van der Waals surface area contributed by atoms with E-state index in [9.17, 15) is 19.5 Å². The maximum absolute atomic E-state index is 12.4. The Bertz CT molecular complexity index is 1180. The Hall–Kier alpha value is -3.72. The molecule has 2 amide bonds. The molecular formula is C25H25N3O5S. The number of ether oxygens (including phenoxy) is 1. The molecule has 0 radical (unpaired) electrons. The van der Waals surface area contributed by atoms with Crippen LogP contribution in [-0.2, 0) is 9.53 Å². The van der Waals surface area contributed by atoms with Crippen molar-refractivity contribution in [2.24, 2.45) is 5.92 Å². The highest BCUT2D eigenvalue weighted by atomic mass is 32.1. The summed E-state index contributed by atoms with van der Waals surface area (Å²) in [5, 5.41) is 14.6. The van der Waals surface area contributed by atoms with E-state index in [0.717, 1.165) is 33.6 Å². The maximum atomic E-state index is 12.4. The van der Waals surface area contributed by atoms with Crippen LogP contribution >= 0.6 is 11.3 Å². The number of carboxylic acid groups (broad SMARTS) is 1. The van der Waals surface area contributed by atoms with Gasteiger partial charge in [0.15, 0.2) is 5.13 Å². The molecule has 0 fully saturated rings. The quantitative estimate of drug-likeness (QED) is 0.430. The minimum Gasteiger partial charge on any atom is -0.480 e. The van der Waals surface area contributed by atoms with Crippen LogP contribution in [0.3, 0.4) is 0 Å². The molecule has 1 aromatic heterocycles. The highest BCUT2D eigenvalue weighted by molar-refractivity contribution is 7.17. The number of nitrogens with zero attached hydrogens (tertiary/aromatic N) is 1. The van der Waals surface area contributed by atoms with Crippen LogP contribution in [0.4, 0.5) is 9.93 Å². The SMILES string of the molecule is CC(C)CC(NC(=O)c1cnc(NC(=O)OCC2c3ccccc3-c3ccccc32)s1)C(=O)O. The molecule has 1 aliphatic carbocycles. The summed E-state index contributed by atoms with van der Waals surface area (Å²) in [6, 6.07) is 15.1. The first kappa shape index (κ1) is 23.4. The summed E-state index contributed by atoms with van der Waals surface area (Å²) in [5.74, 6) is -1.60. The fraction of sp³-hybridized carbons (Fsp3) is 0.280. The van der Waals surface area contributed by atoms with Crippen LogP contribution in [0, 0.1) is 5.92 Å². The number of hydrogen-bond donors (Lipinski definition) is 3. The van der Waals surface area contributed by atoms with Crippen molar-refractivity contribution in [1.82, 2.24) is 10.3 Å². The number of amides is 2. The zero-order chi connectivity index (χ0) is 24.2. The van der Waals surface area contributed by atoms with Gasteiger partial charge in [-0.3, -0.25) is 10.1 Å². The largest absolute Gasteiger partial charge is 0.480 e. The fourth-order valence-electron chi connectivity index (χ4n) is 4.08. The molecule has 2 aromatic carbocycles. The number of thiazole rings is 1. The first-order chi connectivity index (χ1) is 16.3. The molecule has 34 heavy (non-hydrogen) atoms. The second kappa shape index (κ2) is 10.0. The van der Waals surface area contributed by atoms with E-state index in [-0.39, 0.29) is 28.5 Å². The number of rotatable bonds is 8. The van der Waals surface area contributed by atoms with Gasteiger partial charge in [0.2, 0.25) is 0 Å². The molecule has 1 aliphatic rings. The summed E-state index contributed by atoms with van der Waals surface area (Å²) in [6.07, 6.45) is 0.935. The third-order valence-corrected chi connectivity index (χ3v) is 6.50. The predicted molar refractivity (Wildman–Crippen MR) is 129 cm³/mol. The van der Waals surface area contributed by atoms with Gasteiger partial charge in [-0.05, 0) is 34.6 Å². The lowest BCUT2D eigenvalue weighted by Gasteiger charge is -2.15. The molecule has 0 aliphatic heterocycles. The van der Waals surface area contributed by atoms with E-state index < -0.39 is 24.0 Å². The average Bonchev–Trinajstić information content (AvgIpc) is 3.39. The third-order valence-electron chi connectivity index (χ3n) is 5.59. The first-order valence-corrected chi connectivity index (χ1v) is 11.8. The van der Waals surface area contributed by atoms with Gasteiger partial charge >= 0.3 is 12.1 Å². The van der Waals surface area contributed by atoms with Crippen molar-refractivity contribution in [2.45, 2.75) is 32.2 Å². The van der Waals surface area contributed by atoms with Crippen LogP contribution < -0.4 is 10.6 Å². The molecule has 1 unspecified atom stereocenters. The Balaban J connectivity index is 1.36. The fourth-order valence-corrected chi connectivity index (χ4v) is 4.79. The number of fused-ring (bicyclic) bond motifs is 3. The molecule has 1 atom stereocenters. The average molecular weight is 480 g/mol. The van der Waals surface area contributed by atoms with Crippen molar-refractivity contribution in [3.05, 3.63) is 70.7 Å². The lowest BCUT2D eigenvalue weighted by Crippen LogP contribution is -2.41. The summed E-state index contributed by atoms with van der Waals surface area (Å²) in [7, 11) is 0. The number of aromatic nitrogens is 1. The Morgan fingerprint density at radius 3 is 2.26 bits per heavy atom. The Labute approximate surface area is 201 Å². The predicted octanol–water partition coefficient (Wildman–Crippen LogP) is 4.73. The lowest BCUT2D eigenvalue weighted by molar-refractivity contribution is -0.139. The molecule has 1 heterocycles. The molecular weight excluding hydrogens is 454 g/mol. The van der Waals surface area contributed by atoms with Gasteiger partial charge in [-0.25, -0.2) is 14.6 Å². The highest BCUT2D eigenvalue weighted by Gasteiger charge is 2.29. The van der Waals surface area contributed by atoms with Gasteiger partial charge in [-0.1, -0.05) is 73.7 Å². The second-order valence-electron chi connectivity index (χ2n) is 8.47. The van der Waals surface area contributed by atoms with Crippen molar-refractivity contribution in [1.29, 1.82) is 0 Å². The van der Waals surface area contributed by atoms with Crippen molar-refractivity contribution < 1.29 is 24.2 Å². The van der Waals surface area contributed by atoms with E-state index in [2.05, 4.69) is 27.8 Å². The molecule has 0 saturated carbocycles. The highest BCUT2D eigenvalue weighted by Crippen LogP contribution is 2.44. The smallest absolute Gasteiger partial charge is 0.413 e. The molecule has 8 nitrogen and oxygen atoms in total. The number of benzene rings is 2.